The van der Waals surface area contributed by atoms with Gasteiger partial charge in [0.2, 0.25) is 0 Å². The molecule has 0 unspecified atom stereocenters. The number of nitrogens with one attached hydrogen (secondary N) is 1. The SMILES string of the molecule is Cc1ccc2cc(CNCc3cnn(C)c3)ccc2n1. The minimum absolute atomic E-state index is 0.831. The second-order valence-electron chi connectivity index (χ2n) is 5.11. The smallest absolute Gasteiger partial charge is 0.0705 e. The maximum absolute atomic E-state index is 4.52. The quantitative estimate of drug-likeness (QED) is 0.789. The molecule has 102 valence electrons. The van der Waals surface area contributed by atoms with E-state index in [-0.39, 0.29) is 0 Å². The highest BCUT2D eigenvalue weighted by molar-refractivity contribution is 5.79. The number of fused-ring (bicyclic) bond motifs is 1. The molecule has 3 rings (SSSR count). The van der Waals surface area contributed by atoms with Crippen LogP contribution in [0.25, 0.3) is 10.9 Å². The van der Waals surface area contributed by atoms with Crippen molar-refractivity contribution in [3.05, 3.63) is 59.5 Å². The molecule has 0 saturated heterocycles. The number of aromatic nitrogens is 3. The maximum Gasteiger partial charge on any atom is 0.0705 e. The second-order valence-corrected chi connectivity index (χ2v) is 5.11. The summed E-state index contributed by atoms with van der Waals surface area (Å²) in [5, 5.41) is 8.78. The van der Waals surface area contributed by atoms with Gasteiger partial charge in [0.15, 0.2) is 0 Å². The average molecular weight is 266 g/mol. The van der Waals surface area contributed by atoms with E-state index in [1.54, 1.807) is 0 Å². The number of hydrogen-bond acceptors (Lipinski definition) is 3. The number of aryl methyl sites for hydroxylation is 2. The first kappa shape index (κ1) is 12.8. The molecule has 20 heavy (non-hydrogen) atoms. The van der Waals surface area contributed by atoms with Crippen LogP contribution in [0.1, 0.15) is 16.8 Å². The van der Waals surface area contributed by atoms with Gasteiger partial charge in [-0.15, -0.1) is 0 Å². The minimum Gasteiger partial charge on any atom is -0.309 e. The summed E-state index contributed by atoms with van der Waals surface area (Å²) in [7, 11) is 1.93. The molecule has 0 aliphatic carbocycles. The fraction of sp³-hybridized carbons (Fsp3) is 0.250. The van der Waals surface area contributed by atoms with Crippen molar-refractivity contribution in [3.63, 3.8) is 0 Å². The van der Waals surface area contributed by atoms with E-state index in [9.17, 15) is 0 Å². The van der Waals surface area contributed by atoms with Gasteiger partial charge >= 0.3 is 0 Å². The Labute approximate surface area is 118 Å². The second kappa shape index (κ2) is 5.43. The molecule has 4 nitrogen and oxygen atoms in total. The van der Waals surface area contributed by atoms with Crippen molar-refractivity contribution in [1.82, 2.24) is 20.1 Å². The molecule has 4 heteroatoms. The first-order valence-electron chi connectivity index (χ1n) is 6.75. The Morgan fingerprint density at radius 3 is 2.75 bits per heavy atom. The lowest BCUT2D eigenvalue weighted by atomic mass is 10.1. The molecule has 0 saturated carbocycles. The van der Waals surface area contributed by atoms with Crippen LogP contribution in [0.3, 0.4) is 0 Å². The monoisotopic (exact) mass is 266 g/mol. The Bertz CT molecular complexity index is 730. The molecule has 1 N–H and O–H groups in total. The molecule has 0 bridgehead atoms. The van der Waals surface area contributed by atoms with E-state index in [1.165, 1.54) is 16.5 Å². The van der Waals surface area contributed by atoms with Gasteiger partial charge in [-0.25, -0.2) is 0 Å². The molecule has 0 aliphatic rings. The van der Waals surface area contributed by atoms with Crippen LogP contribution in [-0.4, -0.2) is 14.8 Å². The Morgan fingerprint density at radius 1 is 1.10 bits per heavy atom. The van der Waals surface area contributed by atoms with Crippen molar-refractivity contribution >= 4 is 10.9 Å². The van der Waals surface area contributed by atoms with Crippen LogP contribution in [0.4, 0.5) is 0 Å². The van der Waals surface area contributed by atoms with E-state index in [4.69, 9.17) is 0 Å². The highest BCUT2D eigenvalue weighted by atomic mass is 15.2. The fourth-order valence-corrected chi connectivity index (χ4v) is 2.30. The summed E-state index contributed by atoms with van der Waals surface area (Å²) in [5.74, 6) is 0. The molecule has 1 aromatic carbocycles. The van der Waals surface area contributed by atoms with Gasteiger partial charge in [0.25, 0.3) is 0 Å². The summed E-state index contributed by atoms with van der Waals surface area (Å²) in [4.78, 5) is 4.52. The average Bonchev–Trinajstić information content (AvgIpc) is 2.85. The van der Waals surface area contributed by atoms with Crippen LogP contribution in [0, 0.1) is 6.92 Å². The Morgan fingerprint density at radius 2 is 1.95 bits per heavy atom. The Kier molecular flexibility index (Phi) is 3.48. The highest BCUT2D eigenvalue weighted by Crippen LogP contribution is 2.14. The minimum atomic E-state index is 0.831. The highest BCUT2D eigenvalue weighted by Gasteiger charge is 1.99. The van der Waals surface area contributed by atoms with Crippen LogP contribution in [-0.2, 0) is 20.1 Å². The van der Waals surface area contributed by atoms with Crippen molar-refractivity contribution in [2.24, 2.45) is 7.05 Å². The molecule has 3 aromatic rings. The largest absolute Gasteiger partial charge is 0.309 e. The third-order valence-corrected chi connectivity index (χ3v) is 3.31. The number of nitrogens with zero attached hydrogens (tertiary/aromatic N) is 3. The third kappa shape index (κ3) is 2.86. The molecular weight excluding hydrogens is 248 g/mol. The van der Waals surface area contributed by atoms with E-state index in [2.05, 4.69) is 45.7 Å². The molecule has 2 heterocycles. The molecule has 0 fully saturated rings. The zero-order valence-corrected chi connectivity index (χ0v) is 11.8. The van der Waals surface area contributed by atoms with Crippen LogP contribution in [0.15, 0.2) is 42.7 Å². The van der Waals surface area contributed by atoms with Gasteiger partial charge in [-0.1, -0.05) is 12.1 Å². The van der Waals surface area contributed by atoms with Crippen molar-refractivity contribution in [1.29, 1.82) is 0 Å². The van der Waals surface area contributed by atoms with Gasteiger partial charge < -0.3 is 5.32 Å². The molecule has 0 radical (unpaired) electrons. The molecule has 0 spiro atoms. The van der Waals surface area contributed by atoms with E-state index in [0.29, 0.717) is 0 Å². The molecule has 0 atom stereocenters. The molecule has 0 aliphatic heterocycles. The van der Waals surface area contributed by atoms with E-state index >= 15 is 0 Å². The van der Waals surface area contributed by atoms with Crippen LogP contribution in [0.2, 0.25) is 0 Å². The van der Waals surface area contributed by atoms with E-state index in [1.807, 2.05) is 31.0 Å². The molecular formula is C16H18N4. The zero-order chi connectivity index (χ0) is 13.9. The summed E-state index contributed by atoms with van der Waals surface area (Å²) in [6.45, 7) is 3.69. The summed E-state index contributed by atoms with van der Waals surface area (Å²) in [5.41, 5.74) is 4.58. The Hall–Kier alpha value is -2.20. The van der Waals surface area contributed by atoms with Gasteiger partial charge in [0.05, 0.1) is 11.7 Å². The number of benzene rings is 1. The first-order valence-corrected chi connectivity index (χ1v) is 6.75. The standard InChI is InChI=1S/C16H18N4/c1-12-3-5-15-7-13(4-6-16(15)19-12)8-17-9-14-10-18-20(2)11-14/h3-7,10-11,17H,8-9H2,1-2H3. The van der Waals surface area contributed by atoms with Gasteiger partial charge in [-0.05, 0) is 30.7 Å². The fourth-order valence-electron chi connectivity index (χ4n) is 2.30. The van der Waals surface area contributed by atoms with Crippen LogP contribution in [0.5, 0.6) is 0 Å². The lowest BCUT2D eigenvalue weighted by Gasteiger charge is -2.05. The topological polar surface area (TPSA) is 42.7 Å². The van der Waals surface area contributed by atoms with Gasteiger partial charge in [-0.2, -0.15) is 5.10 Å². The molecule has 2 aromatic heterocycles. The number of pyridine rings is 1. The summed E-state index contributed by atoms with van der Waals surface area (Å²) in [6.07, 6.45) is 3.92. The predicted octanol–water partition coefficient (Wildman–Crippen LogP) is 2.57. The third-order valence-electron chi connectivity index (χ3n) is 3.31. The summed E-state index contributed by atoms with van der Waals surface area (Å²) >= 11 is 0. The van der Waals surface area contributed by atoms with E-state index < -0.39 is 0 Å². The predicted molar refractivity (Wildman–Crippen MR) is 80.2 cm³/mol. The van der Waals surface area contributed by atoms with Crippen LogP contribution < -0.4 is 5.32 Å². The zero-order valence-electron chi connectivity index (χ0n) is 11.8. The van der Waals surface area contributed by atoms with Crippen molar-refractivity contribution in [3.8, 4) is 0 Å². The normalized spacial score (nSPS) is 11.1. The van der Waals surface area contributed by atoms with Crippen molar-refractivity contribution < 1.29 is 0 Å². The summed E-state index contributed by atoms with van der Waals surface area (Å²) in [6, 6.07) is 10.6. The van der Waals surface area contributed by atoms with Crippen LogP contribution >= 0.6 is 0 Å². The summed E-state index contributed by atoms with van der Waals surface area (Å²) < 4.78 is 1.82. The first-order chi connectivity index (χ1) is 9.70. The number of hydrogen-bond donors (Lipinski definition) is 1. The maximum atomic E-state index is 4.52. The van der Waals surface area contributed by atoms with Gasteiger partial charge in [0.1, 0.15) is 0 Å². The van der Waals surface area contributed by atoms with E-state index in [0.717, 1.165) is 24.3 Å². The number of rotatable bonds is 4. The van der Waals surface area contributed by atoms with Gasteiger partial charge in [0, 0.05) is 43.0 Å². The lowest BCUT2D eigenvalue weighted by Crippen LogP contribution is -2.12. The van der Waals surface area contributed by atoms with Crippen molar-refractivity contribution in [2.45, 2.75) is 20.0 Å². The molecule has 0 amide bonds. The van der Waals surface area contributed by atoms with Gasteiger partial charge in [-0.3, -0.25) is 9.67 Å². The van der Waals surface area contributed by atoms with Crippen molar-refractivity contribution in [2.75, 3.05) is 0 Å². The lowest BCUT2D eigenvalue weighted by molar-refractivity contribution is 0.692. The Balaban J connectivity index is 1.67.